The first kappa shape index (κ1) is 11.4. The molecule has 0 spiro atoms. The van der Waals surface area contributed by atoms with Crippen LogP contribution < -0.4 is 4.74 Å². The van der Waals surface area contributed by atoms with Crippen LogP contribution in [0.3, 0.4) is 0 Å². The number of aromatic nitrogens is 1. The monoisotopic (exact) mass is 265 g/mol. The predicted octanol–water partition coefficient (Wildman–Crippen LogP) is 3.23. The van der Waals surface area contributed by atoms with Crippen LogP contribution in [0.2, 0.25) is 0 Å². The Morgan fingerprint density at radius 3 is 2.64 bits per heavy atom. The minimum atomic E-state index is -2.57. The lowest BCUT2D eigenvalue weighted by atomic mass is 10.1. The quantitative estimate of drug-likeness (QED) is 0.783. The zero-order valence-electron chi connectivity index (χ0n) is 7.85. The summed E-state index contributed by atoms with van der Waals surface area (Å²) < 4.78 is 30.0. The molecule has 0 aromatic carbocycles. The van der Waals surface area contributed by atoms with E-state index in [9.17, 15) is 8.78 Å². The van der Waals surface area contributed by atoms with E-state index in [1.807, 2.05) is 0 Å². The van der Waals surface area contributed by atoms with Crippen molar-refractivity contribution in [2.45, 2.75) is 18.7 Å². The van der Waals surface area contributed by atoms with Crippen LogP contribution in [0, 0.1) is 6.92 Å². The molecule has 78 valence electrons. The highest BCUT2D eigenvalue weighted by Gasteiger charge is 2.17. The van der Waals surface area contributed by atoms with E-state index in [0.717, 1.165) is 5.56 Å². The van der Waals surface area contributed by atoms with E-state index >= 15 is 0 Å². The number of halogens is 3. The van der Waals surface area contributed by atoms with Gasteiger partial charge in [-0.25, -0.2) is 13.8 Å². The first-order valence-electron chi connectivity index (χ1n) is 3.98. The van der Waals surface area contributed by atoms with Crippen LogP contribution in [0.25, 0.3) is 0 Å². The third-order valence-corrected chi connectivity index (χ3v) is 2.47. The molecule has 0 aliphatic rings. The number of hydrogen-bond acceptors (Lipinski definition) is 2. The number of nitrogens with zero attached hydrogens (tertiary/aromatic N) is 1. The predicted molar refractivity (Wildman–Crippen MR) is 53.1 cm³/mol. The van der Waals surface area contributed by atoms with Crippen molar-refractivity contribution in [1.29, 1.82) is 0 Å². The van der Waals surface area contributed by atoms with Crippen LogP contribution in [-0.4, -0.2) is 12.1 Å². The first-order valence-corrected chi connectivity index (χ1v) is 5.10. The third-order valence-electron chi connectivity index (χ3n) is 1.91. The lowest BCUT2D eigenvalue weighted by Gasteiger charge is -2.10. The maximum atomic E-state index is 12.6. The van der Waals surface area contributed by atoms with E-state index in [2.05, 4.69) is 20.9 Å². The lowest BCUT2D eigenvalue weighted by molar-refractivity contribution is 0.144. The Balaban J connectivity index is 3.28. The molecule has 2 nitrogen and oxygen atoms in total. The number of ether oxygens (including phenoxy) is 1. The second kappa shape index (κ2) is 4.68. The van der Waals surface area contributed by atoms with Gasteiger partial charge in [0.25, 0.3) is 6.43 Å². The third kappa shape index (κ3) is 2.20. The molecule has 0 fully saturated rings. The minimum Gasteiger partial charge on any atom is -0.481 e. The summed E-state index contributed by atoms with van der Waals surface area (Å²) in [5.41, 5.74) is 1.07. The Hall–Kier alpha value is -0.710. The lowest BCUT2D eigenvalue weighted by Crippen LogP contribution is -2.01. The van der Waals surface area contributed by atoms with E-state index in [4.69, 9.17) is 4.74 Å². The SMILES string of the molecule is COc1cc(C)c(CBr)c(C(F)F)n1. The van der Waals surface area contributed by atoms with Crippen molar-refractivity contribution in [2.75, 3.05) is 7.11 Å². The molecule has 14 heavy (non-hydrogen) atoms. The van der Waals surface area contributed by atoms with Gasteiger partial charge in [-0.1, -0.05) is 15.9 Å². The molecule has 1 aromatic heterocycles. The van der Waals surface area contributed by atoms with Gasteiger partial charge < -0.3 is 4.74 Å². The number of methoxy groups -OCH3 is 1. The summed E-state index contributed by atoms with van der Waals surface area (Å²) in [6.07, 6.45) is -2.57. The number of alkyl halides is 3. The Bertz CT molecular complexity index is 331. The molecule has 1 rings (SSSR count). The van der Waals surface area contributed by atoms with Crippen molar-refractivity contribution in [2.24, 2.45) is 0 Å². The molecular weight excluding hydrogens is 256 g/mol. The van der Waals surface area contributed by atoms with Crippen LogP contribution in [0.5, 0.6) is 5.88 Å². The molecule has 0 bridgehead atoms. The molecule has 0 saturated heterocycles. The van der Waals surface area contributed by atoms with Crippen molar-refractivity contribution >= 4 is 15.9 Å². The van der Waals surface area contributed by atoms with Gasteiger partial charge in [0, 0.05) is 11.4 Å². The Morgan fingerprint density at radius 2 is 2.21 bits per heavy atom. The highest BCUT2D eigenvalue weighted by atomic mass is 79.9. The van der Waals surface area contributed by atoms with Gasteiger partial charge in [0.2, 0.25) is 5.88 Å². The fourth-order valence-corrected chi connectivity index (χ4v) is 1.88. The van der Waals surface area contributed by atoms with E-state index in [1.54, 1.807) is 13.0 Å². The van der Waals surface area contributed by atoms with E-state index < -0.39 is 6.43 Å². The van der Waals surface area contributed by atoms with Gasteiger partial charge in [-0.2, -0.15) is 0 Å². The van der Waals surface area contributed by atoms with Crippen molar-refractivity contribution in [3.63, 3.8) is 0 Å². The molecule has 0 atom stereocenters. The molecule has 0 aliphatic heterocycles. The van der Waals surface area contributed by atoms with Crippen molar-refractivity contribution in [3.05, 3.63) is 22.9 Å². The fourth-order valence-electron chi connectivity index (χ4n) is 1.15. The molecular formula is C9H10BrF2NO. The van der Waals surface area contributed by atoms with Gasteiger partial charge in [-0.3, -0.25) is 0 Å². The van der Waals surface area contributed by atoms with Crippen LogP contribution in [0.4, 0.5) is 8.78 Å². The van der Waals surface area contributed by atoms with Crippen LogP contribution >= 0.6 is 15.9 Å². The smallest absolute Gasteiger partial charge is 0.280 e. The molecule has 5 heteroatoms. The summed E-state index contributed by atoms with van der Waals surface area (Å²) in [7, 11) is 1.41. The van der Waals surface area contributed by atoms with Gasteiger partial charge >= 0.3 is 0 Å². The number of aryl methyl sites for hydroxylation is 1. The zero-order chi connectivity index (χ0) is 10.7. The normalized spacial score (nSPS) is 10.7. The molecule has 1 heterocycles. The summed E-state index contributed by atoms with van der Waals surface area (Å²) >= 11 is 3.16. The van der Waals surface area contributed by atoms with E-state index in [0.29, 0.717) is 10.9 Å². The molecule has 0 N–H and O–H groups in total. The van der Waals surface area contributed by atoms with Crippen molar-refractivity contribution < 1.29 is 13.5 Å². The molecule has 0 saturated carbocycles. The molecule has 1 aromatic rings. The second-order valence-electron chi connectivity index (χ2n) is 2.78. The van der Waals surface area contributed by atoms with Crippen LogP contribution in [0.1, 0.15) is 23.2 Å². The summed E-state index contributed by atoms with van der Waals surface area (Å²) in [6.45, 7) is 1.76. The minimum absolute atomic E-state index is 0.210. The van der Waals surface area contributed by atoms with E-state index in [1.165, 1.54) is 7.11 Å². The highest BCUT2D eigenvalue weighted by Crippen LogP contribution is 2.28. The molecule has 0 radical (unpaired) electrons. The summed E-state index contributed by atoms with van der Waals surface area (Å²) in [5, 5.41) is 0.371. The average molecular weight is 266 g/mol. The molecule has 0 unspecified atom stereocenters. The van der Waals surface area contributed by atoms with Gasteiger partial charge in [-0.15, -0.1) is 0 Å². The highest BCUT2D eigenvalue weighted by molar-refractivity contribution is 9.08. The zero-order valence-corrected chi connectivity index (χ0v) is 9.44. The van der Waals surface area contributed by atoms with Gasteiger partial charge in [0.05, 0.1) is 7.11 Å². The van der Waals surface area contributed by atoms with Gasteiger partial charge in [-0.05, 0) is 18.1 Å². The topological polar surface area (TPSA) is 22.1 Å². The fraction of sp³-hybridized carbons (Fsp3) is 0.444. The van der Waals surface area contributed by atoms with E-state index in [-0.39, 0.29) is 11.6 Å². The molecule has 0 amide bonds. The maximum absolute atomic E-state index is 12.6. The Kier molecular flexibility index (Phi) is 3.80. The first-order chi connectivity index (χ1) is 6.60. The Morgan fingerprint density at radius 1 is 1.57 bits per heavy atom. The molecule has 0 aliphatic carbocycles. The van der Waals surface area contributed by atoms with Crippen LogP contribution in [0.15, 0.2) is 6.07 Å². The standard InChI is InChI=1S/C9H10BrF2NO/c1-5-3-7(14-2)13-8(9(11)12)6(5)4-10/h3,9H,4H2,1-2H3. The second-order valence-corrected chi connectivity index (χ2v) is 3.34. The summed E-state index contributed by atoms with van der Waals surface area (Å²) in [4.78, 5) is 3.72. The number of pyridine rings is 1. The van der Waals surface area contributed by atoms with Crippen molar-refractivity contribution in [3.8, 4) is 5.88 Å². The summed E-state index contributed by atoms with van der Waals surface area (Å²) in [5.74, 6) is 0.225. The van der Waals surface area contributed by atoms with Crippen molar-refractivity contribution in [1.82, 2.24) is 4.98 Å². The van der Waals surface area contributed by atoms with Crippen LogP contribution in [-0.2, 0) is 5.33 Å². The Labute approximate surface area is 89.4 Å². The number of rotatable bonds is 3. The van der Waals surface area contributed by atoms with Gasteiger partial charge in [0.1, 0.15) is 5.69 Å². The maximum Gasteiger partial charge on any atom is 0.280 e. The van der Waals surface area contributed by atoms with Gasteiger partial charge in [0.15, 0.2) is 0 Å². The average Bonchev–Trinajstić information content (AvgIpc) is 2.16. The summed E-state index contributed by atoms with van der Waals surface area (Å²) in [6, 6.07) is 1.64. The number of hydrogen-bond donors (Lipinski definition) is 0. The largest absolute Gasteiger partial charge is 0.481 e.